The van der Waals surface area contributed by atoms with Crippen LogP contribution in [0.15, 0.2) is 54.1 Å². The zero-order valence-corrected chi connectivity index (χ0v) is 23.8. The second-order valence-corrected chi connectivity index (χ2v) is 11.5. The number of Topliss-reactive ketones (excluding diaryl/α,β-unsaturated/α-hetero) is 1. The maximum Gasteiger partial charge on any atom is 0.338 e. The summed E-state index contributed by atoms with van der Waals surface area (Å²) < 4.78 is 17.6. The number of ether oxygens (including phenoxy) is 3. The number of aliphatic hydroxyl groups excluding tert-OH is 1. The van der Waals surface area contributed by atoms with Gasteiger partial charge in [-0.05, 0) is 50.8 Å². The largest absolute Gasteiger partial charge is 0.458 e. The van der Waals surface area contributed by atoms with E-state index in [0.717, 1.165) is 0 Å². The molecule has 0 aromatic heterocycles. The van der Waals surface area contributed by atoms with Crippen molar-refractivity contribution in [2.75, 3.05) is 0 Å². The Labute approximate surface area is 230 Å². The number of aliphatic hydroxyl groups is 1. The molecular weight excluding hydrogens is 500 g/mol. The predicted molar refractivity (Wildman–Crippen MR) is 144 cm³/mol. The fourth-order valence-electron chi connectivity index (χ4n) is 5.69. The average Bonchev–Trinajstić information content (AvgIpc) is 3.11. The fourth-order valence-corrected chi connectivity index (χ4v) is 5.69. The summed E-state index contributed by atoms with van der Waals surface area (Å²) in [5.41, 5.74) is -1.43. The van der Waals surface area contributed by atoms with Crippen LogP contribution < -0.4 is 0 Å². The number of fused-ring (bicyclic) bond motifs is 1. The quantitative estimate of drug-likeness (QED) is 0.335. The standard InChI is InChI=1S/C31H40O8/c1-18-13-14-30(6,7)26(34)16-25(37-21(4)32)19(2)15-24-27(38-29(36)23-11-9-8-10-12-23)20(3)17-31(24,28(18)35)39-22(5)33/h8-15,18,20,24-25,27-28,35H,16-17H2,1-7H3/b14-13+,19-15+/t18-,20+,24+,25-,27+,28-,31-/m1/s1. The molecule has 1 aromatic rings. The lowest BCUT2D eigenvalue weighted by molar-refractivity contribution is -0.181. The van der Waals surface area contributed by atoms with Crippen LogP contribution in [0.2, 0.25) is 0 Å². The van der Waals surface area contributed by atoms with E-state index in [1.54, 1.807) is 76.3 Å². The molecule has 212 valence electrons. The molecule has 0 heterocycles. The maximum absolute atomic E-state index is 13.3. The number of allylic oxidation sites excluding steroid dienone is 1. The Morgan fingerprint density at radius 3 is 2.23 bits per heavy atom. The molecule has 8 nitrogen and oxygen atoms in total. The van der Waals surface area contributed by atoms with Gasteiger partial charge < -0.3 is 19.3 Å². The second-order valence-electron chi connectivity index (χ2n) is 11.5. The number of rotatable bonds is 4. The summed E-state index contributed by atoms with van der Waals surface area (Å²) >= 11 is 0. The van der Waals surface area contributed by atoms with E-state index in [-0.39, 0.29) is 24.5 Å². The Kier molecular flexibility index (Phi) is 9.21. The smallest absolute Gasteiger partial charge is 0.338 e. The molecule has 1 fully saturated rings. The first-order valence-corrected chi connectivity index (χ1v) is 13.4. The van der Waals surface area contributed by atoms with Crippen molar-refractivity contribution in [1.82, 2.24) is 0 Å². The van der Waals surface area contributed by atoms with Crippen LogP contribution in [-0.2, 0) is 28.6 Å². The van der Waals surface area contributed by atoms with Crippen LogP contribution in [0.3, 0.4) is 0 Å². The van der Waals surface area contributed by atoms with Gasteiger partial charge in [0.1, 0.15) is 29.7 Å². The highest BCUT2D eigenvalue weighted by atomic mass is 16.6. The van der Waals surface area contributed by atoms with E-state index < -0.39 is 59.1 Å². The summed E-state index contributed by atoms with van der Waals surface area (Å²) in [7, 11) is 0. The number of hydrogen-bond donors (Lipinski definition) is 1. The molecule has 0 saturated heterocycles. The van der Waals surface area contributed by atoms with E-state index >= 15 is 0 Å². The van der Waals surface area contributed by atoms with Crippen molar-refractivity contribution in [3.05, 3.63) is 59.7 Å². The molecule has 2 aliphatic rings. The third-order valence-electron chi connectivity index (χ3n) is 7.87. The zero-order chi connectivity index (χ0) is 29.1. The van der Waals surface area contributed by atoms with E-state index in [4.69, 9.17) is 14.2 Å². The topological polar surface area (TPSA) is 116 Å². The van der Waals surface area contributed by atoms with Gasteiger partial charge in [-0.3, -0.25) is 14.4 Å². The molecule has 39 heavy (non-hydrogen) atoms. The third kappa shape index (κ3) is 6.67. The lowest BCUT2D eigenvalue weighted by Gasteiger charge is -2.41. The van der Waals surface area contributed by atoms with Gasteiger partial charge in [-0.2, -0.15) is 0 Å². The lowest BCUT2D eigenvalue weighted by Crippen LogP contribution is -2.53. The summed E-state index contributed by atoms with van der Waals surface area (Å²) in [5.74, 6) is -3.40. The average molecular weight is 541 g/mol. The molecule has 1 saturated carbocycles. The van der Waals surface area contributed by atoms with Crippen molar-refractivity contribution < 1.29 is 38.5 Å². The van der Waals surface area contributed by atoms with Crippen LogP contribution in [-0.4, -0.2) is 52.7 Å². The molecule has 0 spiro atoms. The maximum atomic E-state index is 13.3. The third-order valence-corrected chi connectivity index (χ3v) is 7.87. The van der Waals surface area contributed by atoms with E-state index in [1.807, 2.05) is 6.92 Å². The Bertz CT molecular complexity index is 1150. The number of hydrogen-bond acceptors (Lipinski definition) is 8. The number of benzene rings is 1. The molecule has 3 rings (SSSR count). The highest BCUT2D eigenvalue weighted by Crippen LogP contribution is 2.50. The number of carbonyl (C=O) groups is 4. The minimum atomic E-state index is -1.44. The predicted octanol–water partition coefficient (Wildman–Crippen LogP) is 4.60. The summed E-state index contributed by atoms with van der Waals surface area (Å²) in [6.07, 6.45) is 2.55. The molecular formula is C31H40O8. The summed E-state index contributed by atoms with van der Waals surface area (Å²) in [6, 6.07) is 8.56. The highest BCUT2D eigenvalue weighted by molar-refractivity contribution is 5.89. The van der Waals surface area contributed by atoms with Crippen LogP contribution in [0.1, 0.15) is 71.7 Å². The van der Waals surface area contributed by atoms with Gasteiger partial charge in [0, 0.05) is 31.6 Å². The van der Waals surface area contributed by atoms with Crippen LogP contribution in [0, 0.1) is 23.2 Å². The number of carbonyl (C=O) groups excluding carboxylic acids is 4. The molecule has 0 bridgehead atoms. The van der Waals surface area contributed by atoms with Crippen molar-refractivity contribution in [2.45, 2.75) is 85.2 Å². The summed E-state index contributed by atoms with van der Waals surface area (Å²) in [4.78, 5) is 50.9. The number of ketones is 1. The fraction of sp³-hybridized carbons (Fsp3) is 0.548. The Morgan fingerprint density at radius 1 is 1.00 bits per heavy atom. The van der Waals surface area contributed by atoms with Gasteiger partial charge >= 0.3 is 17.9 Å². The lowest BCUT2D eigenvalue weighted by atomic mass is 9.75. The van der Waals surface area contributed by atoms with Crippen molar-refractivity contribution in [3.8, 4) is 0 Å². The first kappa shape index (κ1) is 30.3. The van der Waals surface area contributed by atoms with E-state index in [9.17, 15) is 24.3 Å². The molecule has 1 N–H and O–H groups in total. The molecule has 8 heteroatoms. The molecule has 1 aromatic carbocycles. The van der Waals surface area contributed by atoms with Crippen molar-refractivity contribution in [1.29, 1.82) is 0 Å². The Morgan fingerprint density at radius 2 is 1.64 bits per heavy atom. The summed E-state index contributed by atoms with van der Waals surface area (Å²) in [6.45, 7) is 11.5. The van der Waals surface area contributed by atoms with Crippen molar-refractivity contribution in [3.63, 3.8) is 0 Å². The minimum absolute atomic E-state index is 0.0620. The molecule has 0 aliphatic heterocycles. The van der Waals surface area contributed by atoms with E-state index in [2.05, 4.69) is 0 Å². The highest BCUT2D eigenvalue weighted by Gasteiger charge is 2.60. The second kappa shape index (κ2) is 11.9. The summed E-state index contributed by atoms with van der Waals surface area (Å²) in [5, 5.41) is 11.8. The monoisotopic (exact) mass is 540 g/mol. The molecule has 0 amide bonds. The normalized spacial score (nSPS) is 34.8. The van der Waals surface area contributed by atoms with E-state index in [0.29, 0.717) is 11.1 Å². The Balaban J connectivity index is 2.20. The van der Waals surface area contributed by atoms with Gasteiger partial charge in [-0.1, -0.05) is 50.3 Å². The minimum Gasteiger partial charge on any atom is -0.458 e. The zero-order valence-electron chi connectivity index (χ0n) is 23.8. The van der Waals surface area contributed by atoms with Gasteiger partial charge in [0.25, 0.3) is 0 Å². The SMILES string of the molecule is CC(=O)O[C@@H]1CC(=O)C(C)(C)/C=C/[C@@H](C)[C@@H](O)[C@@]2(OC(C)=O)C[C@H](C)[C@H](OC(=O)c3ccccc3)[C@@H]2/C=C/1C. The van der Waals surface area contributed by atoms with Crippen LogP contribution >= 0.6 is 0 Å². The van der Waals surface area contributed by atoms with Crippen LogP contribution in [0.25, 0.3) is 0 Å². The van der Waals surface area contributed by atoms with Crippen molar-refractivity contribution in [2.24, 2.45) is 23.2 Å². The van der Waals surface area contributed by atoms with Crippen LogP contribution in [0.4, 0.5) is 0 Å². The molecule has 2 aliphatic carbocycles. The van der Waals surface area contributed by atoms with Gasteiger partial charge in [-0.15, -0.1) is 0 Å². The van der Waals surface area contributed by atoms with E-state index in [1.165, 1.54) is 13.8 Å². The Hall–Kier alpha value is -3.26. The first-order valence-electron chi connectivity index (χ1n) is 13.4. The van der Waals surface area contributed by atoms with Gasteiger partial charge in [0.15, 0.2) is 0 Å². The van der Waals surface area contributed by atoms with Crippen molar-refractivity contribution >= 4 is 23.7 Å². The van der Waals surface area contributed by atoms with Crippen LogP contribution in [0.5, 0.6) is 0 Å². The van der Waals surface area contributed by atoms with Gasteiger partial charge in [0.2, 0.25) is 0 Å². The van der Waals surface area contributed by atoms with Gasteiger partial charge in [0.05, 0.1) is 11.5 Å². The first-order chi connectivity index (χ1) is 18.2. The molecule has 7 atom stereocenters. The number of esters is 3. The molecule has 0 radical (unpaired) electrons. The van der Waals surface area contributed by atoms with Gasteiger partial charge in [-0.25, -0.2) is 4.79 Å². The molecule has 0 unspecified atom stereocenters.